The minimum atomic E-state index is -2.19. The zero-order valence-corrected chi connectivity index (χ0v) is 11.7. The lowest BCUT2D eigenvalue weighted by Crippen LogP contribution is -2.04. The van der Waals surface area contributed by atoms with Crippen LogP contribution in [0.3, 0.4) is 0 Å². The molecule has 0 aliphatic rings. The lowest BCUT2D eigenvalue weighted by Gasteiger charge is -2.02. The Balaban J connectivity index is 2.53. The van der Waals surface area contributed by atoms with Gasteiger partial charge in [-0.1, -0.05) is 11.8 Å². The fourth-order valence-electron chi connectivity index (χ4n) is 1.38. The van der Waals surface area contributed by atoms with Crippen LogP contribution in [0.1, 0.15) is 11.1 Å². The van der Waals surface area contributed by atoms with Gasteiger partial charge < -0.3 is 0 Å². The molecule has 102 valence electrons. The molecule has 0 bridgehead atoms. The maximum absolute atomic E-state index is 13.3. The Labute approximate surface area is 124 Å². The summed E-state index contributed by atoms with van der Waals surface area (Å²) >= 11 is 2.05. The molecule has 0 aromatic heterocycles. The third-order valence-corrected chi connectivity index (χ3v) is 3.11. The standard InChI is InChI=1S/C14H4F5I/c15-10-9(11(16)13(18)14(19)12(10)17)6-3-7-1-4-8(20)5-2-7/h1-2,4-5H. The summed E-state index contributed by atoms with van der Waals surface area (Å²) in [7, 11) is 0. The molecule has 0 saturated carbocycles. The van der Waals surface area contributed by atoms with Gasteiger partial charge in [0.05, 0.1) is 0 Å². The molecule has 0 heterocycles. The number of halogens is 6. The molecule has 2 aromatic carbocycles. The van der Waals surface area contributed by atoms with Gasteiger partial charge in [0.1, 0.15) is 5.56 Å². The molecule has 2 rings (SSSR count). The molecule has 0 amide bonds. The molecule has 0 spiro atoms. The first-order valence-electron chi connectivity index (χ1n) is 5.21. The largest absolute Gasteiger partial charge is 0.202 e. The quantitative estimate of drug-likeness (QED) is 0.205. The highest BCUT2D eigenvalue weighted by Gasteiger charge is 2.24. The predicted octanol–water partition coefficient (Wildman–Crippen LogP) is 4.39. The Kier molecular flexibility index (Phi) is 4.28. The molecule has 0 N–H and O–H groups in total. The van der Waals surface area contributed by atoms with Crippen molar-refractivity contribution < 1.29 is 22.0 Å². The van der Waals surface area contributed by atoms with E-state index in [1.807, 2.05) is 5.92 Å². The van der Waals surface area contributed by atoms with Crippen molar-refractivity contribution in [1.29, 1.82) is 0 Å². The highest BCUT2D eigenvalue weighted by Crippen LogP contribution is 2.22. The molecule has 2 aromatic rings. The van der Waals surface area contributed by atoms with E-state index >= 15 is 0 Å². The summed E-state index contributed by atoms with van der Waals surface area (Å²) in [4.78, 5) is 0. The van der Waals surface area contributed by atoms with Crippen molar-refractivity contribution in [3.05, 3.63) is 68.0 Å². The molecule has 0 aliphatic carbocycles. The third-order valence-electron chi connectivity index (χ3n) is 2.39. The fraction of sp³-hybridized carbons (Fsp3) is 0. The average molecular weight is 394 g/mol. The summed E-state index contributed by atoms with van der Waals surface area (Å²) in [6.07, 6.45) is 0. The second kappa shape index (κ2) is 5.79. The van der Waals surface area contributed by atoms with E-state index in [0.717, 1.165) is 3.57 Å². The summed E-state index contributed by atoms with van der Waals surface area (Å²) in [6.45, 7) is 0. The van der Waals surface area contributed by atoms with Gasteiger partial charge >= 0.3 is 0 Å². The van der Waals surface area contributed by atoms with Gasteiger partial charge in [0.25, 0.3) is 0 Å². The number of rotatable bonds is 0. The maximum Gasteiger partial charge on any atom is 0.200 e. The Morgan fingerprint density at radius 3 is 1.60 bits per heavy atom. The van der Waals surface area contributed by atoms with Crippen LogP contribution >= 0.6 is 22.6 Å². The summed E-state index contributed by atoms with van der Waals surface area (Å²) in [5.41, 5.74) is -0.741. The fourth-order valence-corrected chi connectivity index (χ4v) is 1.74. The molecule has 6 heteroatoms. The van der Waals surface area contributed by atoms with Gasteiger partial charge in [-0.05, 0) is 46.9 Å². The molecule has 20 heavy (non-hydrogen) atoms. The van der Waals surface area contributed by atoms with E-state index in [9.17, 15) is 22.0 Å². The molecule has 0 unspecified atom stereocenters. The zero-order valence-electron chi connectivity index (χ0n) is 9.58. The highest BCUT2D eigenvalue weighted by molar-refractivity contribution is 14.1. The second-order valence-corrected chi connectivity index (χ2v) is 4.95. The Bertz CT molecular complexity index is 697. The Morgan fingerprint density at radius 2 is 1.10 bits per heavy atom. The third kappa shape index (κ3) is 2.77. The number of hydrogen-bond acceptors (Lipinski definition) is 0. The lowest BCUT2D eigenvalue weighted by molar-refractivity contribution is 0.376. The lowest BCUT2D eigenvalue weighted by atomic mass is 10.1. The van der Waals surface area contributed by atoms with Crippen molar-refractivity contribution in [3.8, 4) is 11.8 Å². The molecule has 0 saturated heterocycles. The van der Waals surface area contributed by atoms with E-state index in [4.69, 9.17) is 0 Å². The van der Waals surface area contributed by atoms with Crippen molar-refractivity contribution in [2.75, 3.05) is 0 Å². The normalized spacial score (nSPS) is 10.1. The summed E-state index contributed by atoms with van der Waals surface area (Å²) < 4.78 is 66.3. The highest BCUT2D eigenvalue weighted by atomic mass is 127. The Morgan fingerprint density at radius 1 is 0.650 bits per heavy atom. The van der Waals surface area contributed by atoms with Crippen LogP contribution in [0.15, 0.2) is 24.3 Å². The van der Waals surface area contributed by atoms with Gasteiger partial charge in [0.2, 0.25) is 5.82 Å². The first kappa shape index (κ1) is 14.8. The molecule has 0 aliphatic heterocycles. The maximum atomic E-state index is 13.3. The monoisotopic (exact) mass is 394 g/mol. The van der Waals surface area contributed by atoms with Crippen LogP contribution in [0.2, 0.25) is 0 Å². The van der Waals surface area contributed by atoms with Gasteiger partial charge in [0, 0.05) is 9.13 Å². The van der Waals surface area contributed by atoms with E-state index < -0.39 is 34.6 Å². The van der Waals surface area contributed by atoms with Crippen molar-refractivity contribution in [1.82, 2.24) is 0 Å². The van der Waals surface area contributed by atoms with Crippen LogP contribution in [0.4, 0.5) is 22.0 Å². The number of benzene rings is 2. The topological polar surface area (TPSA) is 0 Å². The summed E-state index contributed by atoms with van der Waals surface area (Å²) in [6, 6.07) is 6.54. The first-order valence-corrected chi connectivity index (χ1v) is 6.28. The Hall–Kier alpha value is -1.62. The van der Waals surface area contributed by atoms with E-state index in [1.165, 1.54) is 0 Å². The average Bonchev–Trinajstić information content (AvgIpc) is 2.45. The van der Waals surface area contributed by atoms with Gasteiger partial charge in [-0.25, -0.2) is 22.0 Å². The molecule has 0 fully saturated rings. The molecule has 0 nitrogen and oxygen atoms in total. The first-order chi connectivity index (χ1) is 9.41. The van der Waals surface area contributed by atoms with E-state index in [-0.39, 0.29) is 0 Å². The minimum absolute atomic E-state index is 0.398. The molecular weight excluding hydrogens is 390 g/mol. The van der Waals surface area contributed by atoms with Crippen LogP contribution in [-0.2, 0) is 0 Å². The SMILES string of the molecule is Fc1c(F)c(F)c(C#Cc2ccc(I)cc2)c(F)c1F. The minimum Gasteiger partial charge on any atom is -0.202 e. The van der Waals surface area contributed by atoms with Crippen molar-refractivity contribution >= 4 is 22.6 Å². The predicted molar refractivity (Wildman–Crippen MR) is 71.4 cm³/mol. The zero-order chi connectivity index (χ0) is 14.9. The van der Waals surface area contributed by atoms with Crippen LogP contribution < -0.4 is 0 Å². The van der Waals surface area contributed by atoms with Crippen LogP contribution in [0.5, 0.6) is 0 Å². The van der Waals surface area contributed by atoms with Crippen molar-refractivity contribution in [2.45, 2.75) is 0 Å². The summed E-state index contributed by atoms with van der Waals surface area (Å²) in [5.74, 6) is -5.73. The van der Waals surface area contributed by atoms with Crippen LogP contribution in [0, 0.1) is 44.5 Å². The van der Waals surface area contributed by atoms with Crippen molar-refractivity contribution in [2.24, 2.45) is 0 Å². The van der Waals surface area contributed by atoms with E-state index in [1.54, 1.807) is 24.3 Å². The van der Waals surface area contributed by atoms with Crippen LogP contribution in [0.25, 0.3) is 0 Å². The van der Waals surface area contributed by atoms with Crippen molar-refractivity contribution in [3.63, 3.8) is 0 Å². The van der Waals surface area contributed by atoms with Gasteiger partial charge in [-0.3, -0.25) is 0 Å². The van der Waals surface area contributed by atoms with E-state index in [2.05, 4.69) is 28.5 Å². The van der Waals surface area contributed by atoms with E-state index in [0.29, 0.717) is 5.56 Å². The second-order valence-electron chi connectivity index (χ2n) is 3.70. The van der Waals surface area contributed by atoms with Gasteiger partial charge in [0.15, 0.2) is 23.3 Å². The molecule has 0 radical (unpaired) electrons. The molecular formula is C14H4F5I. The summed E-state index contributed by atoms with van der Waals surface area (Å²) in [5, 5.41) is 0. The smallest absolute Gasteiger partial charge is 0.200 e. The molecule has 0 atom stereocenters. The van der Waals surface area contributed by atoms with Crippen LogP contribution in [-0.4, -0.2) is 0 Å². The number of hydrogen-bond donors (Lipinski definition) is 0. The van der Waals surface area contributed by atoms with Gasteiger partial charge in [-0.15, -0.1) is 0 Å². The van der Waals surface area contributed by atoms with Gasteiger partial charge in [-0.2, -0.15) is 0 Å².